The van der Waals surface area contributed by atoms with Crippen LogP contribution in [0.4, 0.5) is 0 Å². The highest BCUT2D eigenvalue weighted by Crippen LogP contribution is 2.15. The number of nitrogens with zero attached hydrogens (tertiary/aromatic N) is 1. The zero-order valence-corrected chi connectivity index (χ0v) is 9.14. The van der Waals surface area contributed by atoms with Crippen LogP contribution in [0.2, 0.25) is 0 Å². The Balaban J connectivity index is 1.88. The number of hydrogen-bond donors (Lipinski definition) is 2. The number of amides is 1. The fourth-order valence-corrected chi connectivity index (χ4v) is 1.78. The average molecular weight is 221 g/mol. The number of ether oxygens (including phenoxy) is 1. The van der Waals surface area contributed by atoms with Gasteiger partial charge in [0.1, 0.15) is 11.9 Å². The predicted molar refractivity (Wildman–Crippen MR) is 59.1 cm³/mol. The third-order valence-corrected chi connectivity index (χ3v) is 2.59. The van der Waals surface area contributed by atoms with Crippen LogP contribution < -0.4 is 15.4 Å². The maximum absolute atomic E-state index is 11.4. The minimum absolute atomic E-state index is 0.0114. The number of aromatic nitrogens is 1. The van der Waals surface area contributed by atoms with Crippen molar-refractivity contribution in [2.24, 2.45) is 0 Å². The van der Waals surface area contributed by atoms with Crippen LogP contribution in [0.5, 0.6) is 5.75 Å². The molecule has 2 N–H and O–H groups in total. The minimum atomic E-state index is -0.147. The van der Waals surface area contributed by atoms with Gasteiger partial charge in [0.05, 0.1) is 12.2 Å². The molecule has 2 rings (SSSR count). The highest BCUT2D eigenvalue weighted by atomic mass is 16.5. The maximum atomic E-state index is 11.4. The van der Waals surface area contributed by atoms with Crippen molar-refractivity contribution in [2.45, 2.75) is 18.6 Å². The molecule has 1 aromatic heterocycles. The first-order valence-electron chi connectivity index (χ1n) is 5.31. The van der Waals surface area contributed by atoms with E-state index in [1.807, 2.05) is 12.1 Å². The van der Waals surface area contributed by atoms with E-state index in [0.29, 0.717) is 13.0 Å². The van der Waals surface area contributed by atoms with E-state index in [0.717, 1.165) is 5.75 Å². The molecule has 0 aliphatic carbocycles. The van der Waals surface area contributed by atoms with Crippen LogP contribution in [0.25, 0.3) is 0 Å². The van der Waals surface area contributed by atoms with Gasteiger partial charge in [-0.05, 0) is 12.1 Å². The molecule has 0 radical (unpaired) electrons. The Morgan fingerprint density at radius 2 is 2.56 bits per heavy atom. The predicted octanol–water partition coefficient (Wildman–Crippen LogP) is -0.0631. The Bertz CT molecular complexity index is 356. The first kappa shape index (κ1) is 10.9. The van der Waals surface area contributed by atoms with E-state index in [9.17, 15) is 4.79 Å². The van der Waals surface area contributed by atoms with Gasteiger partial charge in [-0.1, -0.05) is 0 Å². The summed E-state index contributed by atoms with van der Waals surface area (Å²) >= 11 is 0. The SMILES string of the molecule is CNC(=O)[C@@H]1C[C@H](Oc2cccnc2)CN1. The molecule has 86 valence electrons. The highest BCUT2D eigenvalue weighted by molar-refractivity contribution is 5.81. The van der Waals surface area contributed by atoms with Gasteiger partial charge in [-0.15, -0.1) is 0 Å². The molecule has 1 aromatic rings. The van der Waals surface area contributed by atoms with E-state index in [-0.39, 0.29) is 18.1 Å². The molecule has 2 heterocycles. The van der Waals surface area contributed by atoms with Gasteiger partial charge in [0, 0.05) is 26.2 Å². The van der Waals surface area contributed by atoms with Gasteiger partial charge >= 0.3 is 0 Å². The van der Waals surface area contributed by atoms with Gasteiger partial charge in [-0.2, -0.15) is 0 Å². The van der Waals surface area contributed by atoms with E-state index in [4.69, 9.17) is 4.74 Å². The molecule has 0 unspecified atom stereocenters. The average Bonchev–Trinajstić information content (AvgIpc) is 2.78. The Kier molecular flexibility index (Phi) is 3.36. The van der Waals surface area contributed by atoms with Crippen LogP contribution in [0.3, 0.4) is 0 Å². The number of carbonyl (C=O) groups excluding carboxylic acids is 1. The molecular formula is C11H15N3O2. The summed E-state index contributed by atoms with van der Waals surface area (Å²) in [5.74, 6) is 0.754. The van der Waals surface area contributed by atoms with Crippen LogP contribution in [0.1, 0.15) is 6.42 Å². The van der Waals surface area contributed by atoms with Gasteiger partial charge in [-0.25, -0.2) is 0 Å². The number of nitrogens with one attached hydrogen (secondary N) is 2. The molecule has 0 spiro atoms. The fraction of sp³-hybridized carbons (Fsp3) is 0.455. The minimum Gasteiger partial charge on any atom is -0.487 e. The number of rotatable bonds is 3. The van der Waals surface area contributed by atoms with Crippen molar-refractivity contribution in [1.29, 1.82) is 0 Å². The lowest BCUT2D eigenvalue weighted by Gasteiger charge is -2.12. The van der Waals surface area contributed by atoms with Crippen LogP contribution in [0.15, 0.2) is 24.5 Å². The first-order chi connectivity index (χ1) is 7.79. The number of hydrogen-bond acceptors (Lipinski definition) is 4. The normalized spacial score (nSPS) is 24.1. The quantitative estimate of drug-likeness (QED) is 0.750. The van der Waals surface area contributed by atoms with Crippen molar-refractivity contribution in [1.82, 2.24) is 15.6 Å². The van der Waals surface area contributed by atoms with Crippen LogP contribution in [0, 0.1) is 0 Å². The van der Waals surface area contributed by atoms with Crippen molar-refractivity contribution >= 4 is 5.91 Å². The second-order valence-electron chi connectivity index (χ2n) is 3.74. The lowest BCUT2D eigenvalue weighted by atomic mass is 10.2. The summed E-state index contributed by atoms with van der Waals surface area (Å²) in [6.07, 6.45) is 4.10. The van der Waals surface area contributed by atoms with Crippen LogP contribution in [-0.2, 0) is 4.79 Å². The van der Waals surface area contributed by atoms with Gasteiger partial charge < -0.3 is 15.4 Å². The van der Waals surface area contributed by atoms with E-state index in [2.05, 4.69) is 15.6 Å². The summed E-state index contributed by atoms with van der Waals surface area (Å²) in [4.78, 5) is 15.3. The van der Waals surface area contributed by atoms with Crippen molar-refractivity contribution < 1.29 is 9.53 Å². The van der Waals surface area contributed by atoms with E-state index >= 15 is 0 Å². The van der Waals surface area contributed by atoms with E-state index in [1.54, 1.807) is 19.4 Å². The lowest BCUT2D eigenvalue weighted by Crippen LogP contribution is -2.38. The molecule has 1 aliphatic rings. The Morgan fingerprint density at radius 3 is 3.25 bits per heavy atom. The molecule has 1 saturated heterocycles. The third-order valence-electron chi connectivity index (χ3n) is 2.59. The molecule has 0 saturated carbocycles. The third kappa shape index (κ3) is 2.49. The van der Waals surface area contributed by atoms with Gasteiger partial charge in [-0.3, -0.25) is 9.78 Å². The van der Waals surface area contributed by atoms with Crippen molar-refractivity contribution in [3.63, 3.8) is 0 Å². The second kappa shape index (κ2) is 4.94. The zero-order valence-electron chi connectivity index (χ0n) is 9.14. The molecule has 5 nitrogen and oxygen atoms in total. The summed E-state index contributed by atoms with van der Waals surface area (Å²) < 4.78 is 5.70. The first-order valence-corrected chi connectivity index (χ1v) is 5.31. The summed E-state index contributed by atoms with van der Waals surface area (Å²) in [5, 5.41) is 5.74. The Hall–Kier alpha value is -1.62. The van der Waals surface area contributed by atoms with Gasteiger partial charge in [0.15, 0.2) is 0 Å². The molecule has 0 aromatic carbocycles. The molecule has 1 fully saturated rings. The standard InChI is InChI=1S/C11H15N3O2/c1-12-11(15)10-5-9(7-14-10)16-8-3-2-4-13-6-8/h2-4,6,9-10,14H,5,7H2,1H3,(H,12,15)/t9-,10-/m0/s1. The van der Waals surface area contributed by atoms with Crippen LogP contribution >= 0.6 is 0 Å². The smallest absolute Gasteiger partial charge is 0.237 e. The van der Waals surface area contributed by atoms with Gasteiger partial charge in [0.25, 0.3) is 0 Å². The van der Waals surface area contributed by atoms with Crippen molar-refractivity contribution in [2.75, 3.05) is 13.6 Å². The number of carbonyl (C=O) groups is 1. The molecule has 0 bridgehead atoms. The topological polar surface area (TPSA) is 63.2 Å². The number of likely N-dealkylation sites (N-methyl/N-ethyl adjacent to an activating group) is 1. The van der Waals surface area contributed by atoms with Crippen molar-refractivity contribution in [3.8, 4) is 5.75 Å². The molecule has 1 amide bonds. The molecular weight excluding hydrogens is 206 g/mol. The molecule has 2 atom stereocenters. The van der Waals surface area contributed by atoms with Gasteiger partial charge in [0.2, 0.25) is 5.91 Å². The fourth-order valence-electron chi connectivity index (χ4n) is 1.78. The highest BCUT2D eigenvalue weighted by Gasteiger charge is 2.29. The van der Waals surface area contributed by atoms with E-state index in [1.165, 1.54) is 0 Å². The monoisotopic (exact) mass is 221 g/mol. The largest absolute Gasteiger partial charge is 0.487 e. The Morgan fingerprint density at radius 1 is 1.69 bits per heavy atom. The maximum Gasteiger partial charge on any atom is 0.237 e. The number of pyridine rings is 1. The van der Waals surface area contributed by atoms with Crippen molar-refractivity contribution in [3.05, 3.63) is 24.5 Å². The summed E-state index contributed by atoms with van der Waals surface area (Å²) in [5.41, 5.74) is 0. The second-order valence-corrected chi connectivity index (χ2v) is 3.74. The van der Waals surface area contributed by atoms with E-state index < -0.39 is 0 Å². The molecule has 16 heavy (non-hydrogen) atoms. The molecule has 1 aliphatic heterocycles. The summed E-state index contributed by atoms with van der Waals surface area (Å²) in [6, 6.07) is 3.54. The summed E-state index contributed by atoms with van der Waals surface area (Å²) in [7, 11) is 1.64. The Labute approximate surface area is 94.2 Å². The van der Waals surface area contributed by atoms with Crippen LogP contribution in [-0.4, -0.2) is 36.6 Å². The lowest BCUT2D eigenvalue weighted by molar-refractivity contribution is -0.122. The zero-order chi connectivity index (χ0) is 11.4. The molecule has 5 heteroatoms. The summed E-state index contributed by atoms with van der Waals surface area (Å²) in [6.45, 7) is 0.687.